The minimum absolute atomic E-state index is 0.0663. The van der Waals surface area contributed by atoms with Crippen molar-refractivity contribution in [1.29, 1.82) is 0 Å². The quantitative estimate of drug-likeness (QED) is 0.0507. The highest BCUT2D eigenvalue weighted by atomic mass is 32.2. The second-order valence-corrected chi connectivity index (χ2v) is 14.3. The van der Waals surface area contributed by atoms with Crippen molar-refractivity contribution < 1.29 is 28.7 Å². The predicted octanol–water partition coefficient (Wildman–Crippen LogP) is 8.47. The highest BCUT2D eigenvalue weighted by Crippen LogP contribution is 2.36. The van der Waals surface area contributed by atoms with E-state index in [4.69, 9.17) is 4.74 Å². The highest BCUT2D eigenvalue weighted by molar-refractivity contribution is 8.00. The molecule has 0 fully saturated rings. The summed E-state index contributed by atoms with van der Waals surface area (Å²) in [6, 6.07) is 26.4. The van der Waals surface area contributed by atoms with Crippen molar-refractivity contribution in [2.45, 2.75) is 37.3 Å². The third-order valence-electron chi connectivity index (χ3n) is 7.52. The molecular formula is C39H36N4O6S3. The van der Waals surface area contributed by atoms with Crippen molar-refractivity contribution in [3.05, 3.63) is 135 Å². The van der Waals surface area contributed by atoms with E-state index in [0.29, 0.717) is 33.8 Å². The maximum Gasteiger partial charge on any atom is 0.341 e. The molecule has 0 spiro atoms. The van der Waals surface area contributed by atoms with Gasteiger partial charge in [0.1, 0.15) is 10.7 Å². The van der Waals surface area contributed by atoms with Gasteiger partial charge in [-0.1, -0.05) is 49.4 Å². The summed E-state index contributed by atoms with van der Waals surface area (Å²) in [6.45, 7) is 5.32. The number of rotatable bonds is 14. The molecule has 13 heteroatoms. The molecule has 0 aliphatic rings. The first kappa shape index (κ1) is 37.7. The number of thiophene rings is 2. The van der Waals surface area contributed by atoms with Gasteiger partial charge in [0.05, 0.1) is 22.3 Å². The molecule has 5 aromatic rings. The molecule has 10 nitrogen and oxygen atoms in total. The van der Waals surface area contributed by atoms with Gasteiger partial charge in [-0.2, -0.15) is 11.3 Å². The predicted molar refractivity (Wildman–Crippen MR) is 209 cm³/mol. The zero-order chi connectivity index (χ0) is 37.0. The number of hydrogen-bond acceptors (Lipinski definition) is 9. The van der Waals surface area contributed by atoms with E-state index >= 15 is 0 Å². The fourth-order valence-corrected chi connectivity index (χ4v) is 7.69. The second kappa shape index (κ2) is 18.1. The topological polar surface area (TPSA) is 143 Å². The van der Waals surface area contributed by atoms with Crippen molar-refractivity contribution in [3.8, 4) is 0 Å². The number of esters is 1. The Labute approximate surface area is 313 Å². The summed E-state index contributed by atoms with van der Waals surface area (Å²) in [4.78, 5) is 67.4. The summed E-state index contributed by atoms with van der Waals surface area (Å²) in [5, 5.41) is 14.7. The number of carbonyl (C=O) groups excluding carboxylic acids is 5. The molecule has 0 aliphatic heterocycles. The van der Waals surface area contributed by atoms with Gasteiger partial charge in [-0.25, -0.2) is 4.79 Å². The highest BCUT2D eigenvalue weighted by Gasteiger charge is 2.29. The van der Waals surface area contributed by atoms with E-state index in [0.717, 1.165) is 16.9 Å². The average molecular weight is 753 g/mol. The molecular weight excluding hydrogens is 717 g/mol. The maximum atomic E-state index is 13.7. The lowest BCUT2D eigenvalue weighted by Crippen LogP contribution is -2.30. The lowest BCUT2D eigenvalue weighted by molar-refractivity contribution is -0.116. The molecule has 0 saturated heterocycles. The number of carbonyl (C=O) groups is 5. The number of para-hydroxylation sites is 1. The van der Waals surface area contributed by atoms with Gasteiger partial charge in [-0.3, -0.25) is 19.2 Å². The van der Waals surface area contributed by atoms with Gasteiger partial charge in [0.25, 0.3) is 17.7 Å². The Balaban J connectivity index is 1.31. The molecule has 1 atom stereocenters. The number of hydrogen-bond donors (Lipinski definition) is 4. The van der Waals surface area contributed by atoms with Crippen LogP contribution in [-0.2, 0) is 14.3 Å². The van der Waals surface area contributed by atoms with Crippen LogP contribution in [0, 0.1) is 6.92 Å². The molecule has 3 aromatic carbocycles. The van der Waals surface area contributed by atoms with E-state index in [1.165, 1.54) is 23.1 Å². The van der Waals surface area contributed by atoms with E-state index in [1.54, 1.807) is 92.7 Å². The summed E-state index contributed by atoms with van der Waals surface area (Å²) in [5.41, 5.74) is 2.83. The molecule has 5 rings (SSSR count). The zero-order valence-electron chi connectivity index (χ0n) is 28.6. The molecule has 0 aliphatic carbocycles. The Kier molecular flexibility index (Phi) is 13.2. The first-order valence-corrected chi connectivity index (χ1v) is 19.0. The standard InChI is InChI=1S/C39H36N4O6S3/c1-4-31(36(46)43-38-32(39(48)49-5-2)24(3)33(52-38)37(47)40-27-15-10-7-11-16-27)51-29-18-12-17-28(22-29)41-35(45)30(21-25-19-20-50-23-25)42-34(44)26-13-8-6-9-14-26/h6-23,31H,4-5H2,1-3H3,(H,40,47)(H,41,45)(H,42,44)(H,43,46)/b30-21-. The lowest BCUT2D eigenvalue weighted by Gasteiger charge is -2.16. The molecule has 2 heterocycles. The van der Waals surface area contributed by atoms with Crippen LogP contribution in [0.1, 0.15) is 61.8 Å². The summed E-state index contributed by atoms with van der Waals surface area (Å²) in [7, 11) is 0. The first-order valence-electron chi connectivity index (χ1n) is 16.3. The Morgan fingerprint density at radius 2 is 1.54 bits per heavy atom. The lowest BCUT2D eigenvalue weighted by atomic mass is 10.1. The molecule has 0 bridgehead atoms. The van der Waals surface area contributed by atoms with E-state index in [-0.39, 0.29) is 33.7 Å². The van der Waals surface area contributed by atoms with Crippen molar-refractivity contribution in [2.75, 3.05) is 22.6 Å². The second-order valence-electron chi connectivity index (χ2n) is 11.2. The van der Waals surface area contributed by atoms with Crippen molar-refractivity contribution in [2.24, 2.45) is 0 Å². The SMILES string of the molecule is CCOC(=O)c1c(NC(=O)C(CC)Sc2cccc(NC(=O)/C(=C/c3ccsc3)NC(=O)c3ccccc3)c2)sc(C(=O)Nc2ccccc2)c1C. The molecule has 4 N–H and O–H groups in total. The number of ether oxygens (including phenoxy) is 1. The van der Waals surface area contributed by atoms with E-state index in [9.17, 15) is 24.0 Å². The largest absolute Gasteiger partial charge is 0.462 e. The molecule has 1 unspecified atom stereocenters. The molecule has 0 radical (unpaired) electrons. The summed E-state index contributed by atoms with van der Waals surface area (Å²) < 4.78 is 5.28. The summed E-state index contributed by atoms with van der Waals surface area (Å²) in [5.74, 6) is -2.36. The van der Waals surface area contributed by atoms with Gasteiger partial charge in [-0.05, 0) is 96.8 Å². The monoisotopic (exact) mass is 752 g/mol. The van der Waals surface area contributed by atoms with E-state index in [2.05, 4.69) is 21.3 Å². The Bertz CT molecular complexity index is 2080. The normalized spacial score (nSPS) is 11.6. The van der Waals surface area contributed by atoms with Crippen LogP contribution in [0.3, 0.4) is 0 Å². The first-order chi connectivity index (χ1) is 25.2. The molecule has 52 heavy (non-hydrogen) atoms. The third kappa shape index (κ3) is 9.84. The van der Waals surface area contributed by atoms with Gasteiger partial charge < -0.3 is 26.0 Å². The molecule has 0 saturated carbocycles. The van der Waals surface area contributed by atoms with Gasteiger partial charge in [0.15, 0.2) is 0 Å². The Morgan fingerprint density at radius 1 is 0.827 bits per heavy atom. The number of thioether (sulfide) groups is 1. The van der Waals surface area contributed by atoms with Crippen LogP contribution in [-0.4, -0.2) is 41.5 Å². The maximum absolute atomic E-state index is 13.7. The Morgan fingerprint density at radius 3 is 2.21 bits per heavy atom. The van der Waals surface area contributed by atoms with Crippen LogP contribution in [0.25, 0.3) is 6.08 Å². The molecule has 4 amide bonds. The van der Waals surface area contributed by atoms with Gasteiger partial charge in [0, 0.05) is 21.8 Å². The van der Waals surface area contributed by atoms with Gasteiger partial charge in [0.2, 0.25) is 5.91 Å². The third-order valence-corrected chi connectivity index (χ3v) is 10.8. The number of anilines is 3. The average Bonchev–Trinajstić information content (AvgIpc) is 3.78. The zero-order valence-corrected chi connectivity index (χ0v) is 31.0. The van der Waals surface area contributed by atoms with Crippen LogP contribution < -0.4 is 21.3 Å². The minimum atomic E-state index is -0.637. The van der Waals surface area contributed by atoms with Crippen molar-refractivity contribution in [3.63, 3.8) is 0 Å². The van der Waals surface area contributed by atoms with Crippen LogP contribution in [0.5, 0.6) is 0 Å². The molecule has 2 aromatic heterocycles. The van der Waals surface area contributed by atoms with E-state index < -0.39 is 28.9 Å². The van der Waals surface area contributed by atoms with Crippen molar-refractivity contribution >= 4 is 86.5 Å². The number of amides is 4. The smallest absolute Gasteiger partial charge is 0.341 e. The van der Waals surface area contributed by atoms with Crippen LogP contribution in [0.15, 0.2) is 112 Å². The summed E-state index contributed by atoms with van der Waals surface area (Å²) in [6.07, 6.45) is 2.04. The number of benzene rings is 3. The molecule has 266 valence electrons. The van der Waals surface area contributed by atoms with E-state index in [1.807, 2.05) is 35.9 Å². The van der Waals surface area contributed by atoms with Gasteiger partial charge >= 0.3 is 5.97 Å². The Hall–Kier alpha value is -5.50. The van der Waals surface area contributed by atoms with Crippen LogP contribution in [0.4, 0.5) is 16.4 Å². The van der Waals surface area contributed by atoms with Gasteiger partial charge in [-0.15, -0.1) is 23.1 Å². The van der Waals surface area contributed by atoms with Crippen LogP contribution >= 0.6 is 34.4 Å². The number of nitrogens with one attached hydrogen (secondary N) is 4. The minimum Gasteiger partial charge on any atom is -0.462 e. The van der Waals surface area contributed by atoms with Crippen LogP contribution in [0.2, 0.25) is 0 Å². The fraction of sp³-hybridized carbons (Fsp3) is 0.154. The fourth-order valence-electron chi connectivity index (χ4n) is 4.97. The summed E-state index contributed by atoms with van der Waals surface area (Å²) >= 11 is 3.76. The van der Waals surface area contributed by atoms with Crippen molar-refractivity contribution in [1.82, 2.24) is 5.32 Å².